The third-order valence-electron chi connectivity index (χ3n) is 4.25. The Morgan fingerprint density at radius 1 is 1.03 bits per heavy atom. The third-order valence-corrected chi connectivity index (χ3v) is 4.25. The van der Waals surface area contributed by atoms with Crippen LogP contribution < -0.4 is 25.4 Å². The van der Waals surface area contributed by atoms with Crippen molar-refractivity contribution in [3.63, 3.8) is 0 Å². The molecule has 9 heteroatoms. The molecule has 0 spiro atoms. The van der Waals surface area contributed by atoms with Crippen LogP contribution in [0.1, 0.15) is 35.3 Å². The van der Waals surface area contributed by atoms with Crippen molar-refractivity contribution in [2.24, 2.45) is 4.99 Å². The van der Waals surface area contributed by atoms with E-state index in [0.29, 0.717) is 42.5 Å². The molecule has 7 nitrogen and oxygen atoms in total. The van der Waals surface area contributed by atoms with E-state index < -0.39 is 6.61 Å². The number of methoxy groups -OCH3 is 1. The summed E-state index contributed by atoms with van der Waals surface area (Å²) in [6.45, 7) is 2.65. The van der Waals surface area contributed by atoms with Gasteiger partial charge in [-0.3, -0.25) is 4.79 Å². The average Bonchev–Trinajstić information content (AvgIpc) is 2.76. The second kappa shape index (κ2) is 12.4. The number of carbonyl (C=O) groups is 1. The lowest BCUT2D eigenvalue weighted by molar-refractivity contribution is -0.0505. The molecule has 0 saturated heterocycles. The van der Waals surface area contributed by atoms with Gasteiger partial charge in [0.1, 0.15) is 11.5 Å². The van der Waals surface area contributed by atoms with Crippen molar-refractivity contribution in [1.82, 2.24) is 16.0 Å². The fraction of sp³-hybridized carbons (Fsp3) is 0.364. The largest absolute Gasteiger partial charge is 0.497 e. The predicted octanol–water partition coefficient (Wildman–Crippen LogP) is 3.30. The molecule has 2 aromatic carbocycles. The van der Waals surface area contributed by atoms with E-state index in [2.05, 4.69) is 25.7 Å². The van der Waals surface area contributed by atoms with Crippen molar-refractivity contribution in [2.75, 3.05) is 20.2 Å². The minimum absolute atomic E-state index is 0.0695. The minimum Gasteiger partial charge on any atom is -0.497 e. The first-order valence-electron chi connectivity index (χ1n) is 9.97. The molecule has 2 aromatic rings. The summed E-state index contributed by atoms with van der Waals surface area (Å²) in [7, 11) is 1.50. The maximum Gasteiger partial charge on any atom is 0.387 e. The van der Waals surface area contributed by atoms with Gasteiger partial charge in [-0.2, -0.15) is 8.78 Å². The first kappa shape index (κ1) is 23.9. The maximum atomic E-state index is 12.7. The van der Waals surface area contributed by atoms with Crippen LogP contribution >= 0.6 is 0 Å². The van der Waals surface area contributed by atoms with Crippen LogP contribution in [-0.2, 0) is 13.1 Å². The van der Waals surface area contributed by atoms with Crippen LogP contribution in [0.4, 0.5) is 8.78 Å². The van der Waals surface area contributed by atoms with E-state index in [9.17, 15) is 13.6 Å². The molecule has 0 bridgehead atoms. The number of hydrogen-bond donors (Lipinski definition) is 3. The number of alkyl halides is 2. The Morgan fingerprint density at radius 2 is 1.74 bits per heavy atom. The van der Waals surface area contributed by atoms with Crippen LogP contribution in [0.5, 0.6) is 11.5 Å². The number of halogens is 2. The van der Waals surface area contributed by atoms with Gasteiger partial charge in [0.25, 0.3) is 5.91 Å². The van der Waals surface area contributed by atoms with Crippen LogP contribution in [0.25, 0.3) is 0 Å². The van der Waals surface area contributed by atoms with Gasteiger partial charge in [-0.1, -0.05) is 12.1 Å². The van der Waals surface area contributed by atoms with Crippen molar-refractivity contribution in [3.05, 3.63) is 59.2 Å². The van der Waals surface area contributed by atoms with Crippen LogP contribution in [0, 0.1) is 0 Å². The van der Waals surface area contributed by atoms with Crippen LogP contribution in [0.2, 0.25) is 0 Å². The van der Waals surface area contributed by atoms with Gasteiger partial charge in [0.2, 0.25) is 0 Å². The number of amides is 1. The van der Waals surface area contributed by atoms with Crippen molar-refractivity contribution >= 4 is 11.9 Å². The zero-order chi connectivity index (χ0) is 22.6. The van der Waals surface area contributed by atoms with Gasteiger partial charge < -0.3 is 25.4 Å². The topological polar surface area (TPSA) is 84.0 Å². The maximum absolute atomic E-state index is 12.7. The normalized spacial score (nSPS) is 11.2. The molecular weight excluding hydrogens is 406 g/mol. The lowest BCUT2D eigenvalue weighted by Gasteiger charge is -2.15. The Labute approximate surface area is 180 Å². The summed E-state index contributed by atoms with van der Waals surface area (Å²) >= 11 is 0. The highest BCUT2D eigenvalue weighted by molar-refractivity contribution is 5.94. The van der Waals surface area contributed by atoms with E-state index in [1.807, 2.05) is 26.0 Å². The van der Waals surface area contributed by atoms with Gasteiger partial charge >= 0.3 is 6.61 Å². The molecule has 1 amide bonds. The zero-order valence-electron chi connectivity index (χ0n) is 17.9. The van der Waals surface area contributed by atoms with Crippen molar-refractivity contribution in [2.45, 2.75) is 33.5 Å². The first-order chi connectivity index (χ1) is 15.0. The second-order valence-corrected chi connectivity index (χ2v) is 6.46. The SMILES string of the molecule is CCNC(=O)c1ccc(CN=C(NCC)NCc2cc(OC)ccc2OC(F)F)cc1. The van der Waals surface area contributed by atoms with E-state index in [-0.39, 0.29) is 18.2 Å². The molecule has 0 saturated carbocycles. The molecule has 0 aliphatic heterocycles. The number of rotatable bonds is 10. The molecular formula is C22H28F2N4O3. The molecule has 0 atom stereocenters. The summed E-state index contributed by atoms with van der Waals surface area (Å²) in [5, 5.41) is 8.98. The fourth-order valence-corrected chi connectivity index (χ4v) is 2.75. The molecule has 168 valence electrons. The van der Waals surface area contributed by atoms with Gasteiger partial charge in [0.05, 0.1) is 13.7 Å². The highest BCUT2D eigenvalue weighted by Gasteiger charge is 2.12. The van der Waals surface area contributed by atoms with Gasteiger partial charge in [-0.25, -0.2) is 4.99 Å². The third kappa shape index (κ3) is 7.76. The minimum atomic E-state index is -2.92. The zero-order valence-corrected chi connectivity index (χ0v) is 17.9. The molecule has 0 aliphatic rings. The molecule has 0 radical (unpaired) electrons. The van der Waals surface area contributed by atoms with Gasteiger partial charge in [0.15, 0.2) is 5.96 Å². The number of aliphatic imine (C=N–C) groups is 1. The van der Waals surface area contributed by atoms with Gasteiger partial charge in [-0.15, -0.1) is 0 Å². The summed E-state index contributed by atoms with van der Waals surface area (Å²) in [5.41, 5.74) is 2.02. The Bertz CT molecular complexity index is 874. The quantitative estimate of drug-likeness (QED) is 0.395. The monoisotopic (exact) mass is 434 g/mol. The number of benzene rings is 2. The Morgan fingerprint density at radius 3 is 2.35 bits per heavy atom. The number of hydrogen-bond acceptors (Lipinski definition) is 4. The molecule has 31 heavy (non-hydrogen) atoms. The highest BCUT2D eigenvalue weighted by Crippen LogP contribution is 2.25. The summed E-state index contributed by atoms with van der Waals surface area (Å²) in [6.07, 6.45) is 0. The standard InChI is InChI=1S/C22H28F2N4O3/c1-4-25-20(29)16-8-6-15(7-9-16)13-27-22(26-5-2)28-14-17-12-18(30-3)10-11-19(17)31-21(23)24/h6-12,21H,4-5,13-14H2,1-3H3,(H,25,29)(H2,26,27,28). The molecule has 2 rings (SSSR count). The second-order valence-electron chi connectivity index (χ2n) is 6.46. The number of ether oxygens (including phenoxy) is 2. The predicted molar refractivity (Wildman–Crippen MR) is 116 cm³/mol. The molecule has 0 aliphatic carbocycles. The highest BCUT2D eigenvalue weighted by atomic mass is 19.3. The van der Waals surface area contributed by atoms with E-state index in [0.717, 1.165) is 5.56 Å². The first-order valence-corrected chi connectivity index (χ1v) is 9.97. The average molecular weight is 434 g/mol. The van der Waals surface area contributed by atoms with Gasteiger partial charge in [0, 0.05) is 30.8 Å². The van der Waals surface area contributed by atoms with Crippen molar-refractivity contribution in [3.8, 4) is 11.5 Å². The summed E-state index contributed by atoms with van der Waals surface area (Å²) in [6, 6.07) is 11.8. The Hall–Kier alpha value is -3.36. The van der Waals surface area contributed by atoms with E-state index in [1.54, 1.807) is 24.3 Å². The van der Waals surface area contributed by atoms with Crippen molar-refractivity contribution < 1.29 is 23.0 Å². The van der Waals surface area contributed by atoms with Crippen LogP contribution in [0.3, 0.4) is 0 Å². The lowest BCUT2D eigenvalue weighted by atomic mass is 10.1. The number of carbonyl (C=O) groups excluding carboxylic acids is 1. The number of nitrogens with one attached hydrogen (secondary N) is 3. The molecule has 0 unspecified atom stereocenters. The van der Waals surface area contributed by atoms with E-state index in [1.165, 1.54) is 13.2 Å². The molecule has 0 fully saturated rings. The van der Waals surface area contributed by atoms with Crippen molar-refractivity contribution in [1.29, 1.82) is 0 Å². The Balaban J connectivity index is 2.07. The Kier molecular flexibility index (Phi) is 9.54. The number of guanidine groups is 1. The smallest absolute Gasteiger partial charge is 0.387 e. The van der Waals surface area contributed by atoms with Crippen LogP contribution in [-0.4, -0.2) is 38.7 Å². The van der Waals surface area contributed by atoms with Gasteiger partial charge in [-0.05, 0) is 49.7 Å². The molecule has 0 aromatic heterocycles. The molecule has 0 heterocycles. The van der Waals surface area contributed by atoms with Crippen LogP contribution in [0.15, 0.2) is 47.5 Å². The molecule has 3 N–H and O–H groups in total. The van der Waals surface area contributed by atoms with E-state index >= 15 is 0 Å². The lowest BCUT2D eigenvalue weighted by Crippen LogP contribution is -2.36. The van der Waals surface area contributed by atoms with E-state index in [4.69, 9.17) is 4.74 Å². The number of nitrogens with zero attached hydrogens (tertiary/aromatic N) is 1. The fourth-order valence-electron chi connectivity index (χ4n) is 2.75. The summed E-state index contributed by atoms with van der Waals surface area (Å²) < 4.78 is 35.2. The summed E-state index contributed by atoms with van der Waals surface area (Å²) in [5.74, 6) is 1.00. The summed E-state index contributed by atoms with van der Waals surface area (Å²) in [4.78, 5) is 16.4.